The number of carbonyl (C=O) groups excluding carboxylic acids is 1. The molecule has 0 atom stereocenters. The monoisotopic (exact) mass is 270 g/mol. The van der Waals surface area contributed by atoms with Gasteiger partial charge in [0.2, 0.25) is 0 Å². The van der Waals surface area contributed by atoms with Gasteiger partial charge in [-0.25, -0.2) is 4.98 Å². The van der Waals surface area contributed by atoms with Crippen molar-refractivity contribution in [1.82, 2.24) is 9.36 Å². The summed E-state index contributed by atoms with van der Waals surface area (Å²) in [6.07, 6.45) is 0.812. The molecule has 0 radical (unpaired) electrons. The number of aldehydes is 1. The van der Waals surface area contributed by atoms with E-state index in [-0.39, 0.29) is 0 Å². The molecule has 1 heterocycles. The number of hydrogen-bond donors (Lipinski definition) is 0. The van der Waals surface area contributed by atoms with Crippen molar-refractivity contribution in [2.75, 3.05) is 0 Å². The number of aromatic nitrogens is 2. The molecule has 0 aliphatic heterocycles. The summed E-state index contributed by atoms with van der Waals surface area (Å²) in [5.41, 5.74) is 0.613. The van der Waals surface area contributed by atoms with Crippen molar-refractivity contribution in [3.8, 4) is 0 Å². The van der Waals surface area contributed by atoms with E-state index in [1.165, 1.54) is 23.3 Å². The van der Waals surface area contributed by atoms with Crippen molar-refractivity contribution >= 4 is 41.2 Å². The number of hydrogen-bond acceptors (Lipinski definition) is 5. The number of benzene rings is 1. The van der Waals surface area contributed by atoms with Gasteiger partial charge in [0.15, 0.2) is 10.6 Å². The van der Waals surface area contributed by atoms with Crippen LogP contribution in [-0.2, 0) is 0 Å². The number of aryl methyl sites for hydroxylation is 1. The zero-order valence-corrected chi connectivity index (χ0v) is 10.7. The van der Waals surface area contributed by atoms with E-state index < -0.39 is 0 Å². The van der Waals surface area contributed by atoms with Gasteiger partial charge in [0.05, 0.1) is 0 Å². The molecular weight excluding hydrogens is 264 g/mol. The first-order valence-electron chi connectivity index (χ1n) is 4.42. The summed E-state index contributed by atoms with van der Waals surface area (Å²) < 4.78 is 4.89. The van der Waals surface area contributed by atoms with E-state index in [0.717, 1.165) is 21.3 Å². The lowest BCUT2D eigenvalue weighted by Crippen LogP contribution is -1.84. The molecule has 0 bridgehead atoms. The highest BCUT2D eigenvalue weighted by Crippen LogP contribution is 2.32. The van der Waals surface area contributed by atoms with Crippen molar-refractivity contribution in [1.29, 1.82) is 0 Å². The molecule has 16 heavy (non-hydrogen) atoms. The van der Waals surface area contributed by atoms with E-state index in [0.29, 0.717) is 10.6 Å². The molecule has 0 amide bonds. The summed E-state index contributed by atoms with van der Waals surface area (Å²) in [5.74, 6) is 0.738. The van der Waals surface area contributed by atoms with Crippen LogP contribution < -0.4 is 0 Å². The Morgan fingerprint density at radius 2 is 2.31 bits per heavy atom. The smallest absolute Gasteiger partial charge is 0.174 e. The van der Waals surface area contributed by atoms with Gasteiger partial charge in [0, 0.05) is 15.5 Å². The van der Waals surface area contributed by atoms with Gasteiger partial charge < -0.3 is 0 Å². The Bertz CT molecular complexity index is 527. The van der Waals surface area contributed by atoms with Crippen LogP contribution in [0, 0.1) is 6.92 Å². The summed E-state index contributed by atoms with van der Waals surface area (Å²) in [6, 6.07) is 5.15. The molecule has 0 fully saturated rings. The van der Waals surface area contributed by atoms with Crippen LogP contribution >= 0.6 is 34.9 Å². The third kappa shape index (κ3) is 2.61. The van der Waals surface area contributed by atoms with E-state index in [9.17, 15) is 4.79 Å². The maximum Gasteiger partial charge on any atom is 0.174 e. The lowest BCUT2D eigenvalue weighted by Gasteiger charge is -2.01. The van der Waals surface area contributed by atoms with Gasteiger partial charge in [-0.1, -0.05) is 23.4 Å². The van der Waals surface area contributed by atoms with Gasteiger partial charge >= 0.3 is 0 Å². The normalized spacial score (nSPS) is 10.4. The molecule has 3 nitrogen and oxygen atoms in total. The first-order chi connectivity index (χ1) is 7.69. The van der Waals surface area contributed by atoms with Crippen LogP contribution in [0.4, 0.5) is 0 Å². The number of nitrogens with zero attached hydrogens (tertiary/aromatic N) is 2. The Labute approximate surface area is 106 Å². The van der Waals surface area contributed by atoms with E-state index in [1.807, 2.05) is 6.92 Å². The maximum absolute atomic E-state index is 10.8. The van der Waals surface area contributed by atoms with Gasteiger partial charge in [-0.05, 0) is 36.7 Å². The zero-order valence-electron chi connectivity index (χ0n) is 8.31. The first kappa shape index (κ1) is 11.6. The quantitative estimate of drug-likeness (QED) is 0.801. The summed E-state index contributed by atoms with van der Waals surface area (Å²) in [5, 5.41) is 0.606. The van der Waals surface area contributed by atoms with Crippen LogP contribution in [0.25, 0.3) is 0 Å². The number of halogens is 1. The van der Waals surface area contributed by atoms with Crippen molar-refractivity contribution in [3.05, 3.63) is 34.6 Å². The third-order valence-electron chi connectivity index (χ3n) is 1.81. The van der Waals surface area contributed by atoms with E-state index in [2.05, 4.69) is 9.36 Å². The van der Waals surface area contributed by atoms with Crippen LogP contribution in [0.2, 0.25) is 5.02 Å². The van der Waals surface area contributed by atoms with Crippen LogP contribution in [0.1, 0.15) is 16.2 Å². The predicted molar refractivity (Wildman–Crippen MR) is 65.6 cm³/mol. The standard InChI is InChI=1S/C10H7ClN2OS2/c1-6-12-10(16-13-6)15-9-4-8(11)3-2-7(9)5-14/h2-5H,1H3. The van der Waals surface area contributed by atoms with Crippen molar-refractivity contribution < 1.29 is 4.79 Å². The lowest BCUT2D eigenvalue weighted by molar-refractivity contribution is 0.112. The van der Waals surface area contributed by atoms with Crippen LogP contribution in [0.15, 0.2) is 27.4 Å². The lowest BCUT2D eigenvalue weighted by atomic mass is 10.2. The van der Waals surface area contributed by atoms with E-state index >= 15 is 0 Å². The SMILES string of the molecule is Cc1nsc(Sc2cc(Cl)ccc2C=O)n1. The molecule has 0 N–H and O–H groups in total. The fourth-order valence-corrected chi connectivity index (χ4v) is 3.08. The summed E-state index contributed by atoms with van der Waals surface area (Å²) in [4.78, 5) is 15.9. The molecule has 2 aromatic rings. The molecule has 1 aromatic heterocycles. The average Bonchev–Trinajstić information content (AvgIpc) is 2.64. The Kier molecular flexibility index (Phi) is 3.58. The molecule has 0 saturated carbocycles. The minimum absolute atomic E-state index is 0.606. The van der Waals surface area contributed by atoms with E-state index in [4.69, 9.17) is 11.6 Å². The summed E-state index contributed by atoms with van der Waals surface area (Å²) >= 11 is 8.60. The maximum atomic E-state index is 10.8. The molecule has 0 aliphatic carbocycles. The molecule has 1 aromatic carbocycles. The van der Waals surface area contributed by atoms with Gasteiger partial charge in [-0.15, -0.1) is 0 Å². The predicted octanol–water partition coefficient (Wildman–Crippen LogP) is 3.46. The largest absolute Gasteiger partial charge is 0.298 e. The number of carbonyl (C=O) groups is 1. The minimum Gasteiger partial charge on any atom is -0.298 e. The van der Waals surface area contributed by atoms with Crippen LogP contribution in [0.5, 0.6) is 0 Å². The van der Waals surface area contributed by atoms with E-state index in [1.54, 1.807) is 18.2 Å². The molecule has 0 aliphatic rings. The average molecular weight is 271 g/mol. The van der Waals surface area contributed by atoms with Crippen LogP contribution in [-0.4, -0.2) is 15.6 Å². The van der Waals surface area contributed by atoms with Crippen molar-refractivity contribution in [2.45, 2.75) is 16.2 Å². The highest BCUT2D eigenvalue weighted by molar-refractivity contribution is 8.01. The Morgan fingerprint density at radius 3 is 2.94 bits per heavy atom. The zero-order chi connectivity index (χ0) is 11.5. The highest BCUT2D eigenvalue weighted by Gasteiger charge is 2.08. The second-order valence-electron chi connectivity index (χ2n) is 3.01. The Hall–Kier alpha value is -0.910. The molecule has 82 valence electrons. The molecule has 0 unspecified atom stereocenters. The molecule has 2 rings (SSSR count). The van der Waals surface area contributed by atoms with Gasteiger partial charge in [-0.3, -0.25) is 4.79 Å². The van der Waals surface area contributed by atoms with Gasteiger partial charge in [0.25, 0.3) is 0 Å². The topological polar surface area (TPSA) is 42.9 Å². The second kappa shape index (κ2) is 4.95. The van der Waals surface area contributed by atoms with Crippen molar-refractivity contribution in [3.63, 3.8) is 0 Å². The van der Waals surface area contributed by atoms with Gasteiger partial charge in [0.1, 0.15) is 5.82 Å². The fourth-order valence-electron chi connectivity index (χ4n) is 1.11. The number of rotatable bonds is 3. The Balaban J connectivity index is 2.32. The minimum atomic E-state index is 0.606. The molecular formula is C10H7ClN2OS2. The summed E-state index contributed by atoms with van der Waals surface area (Å²) in [7, 11) is 0. The molecule has 0 saturated heterocycles. The Morgan fingerprint density at radius 1 is 1.50 bits per heavy atom. The van der Waals surface area contributed by atoms with Crippen LogP contribution in [0.3, 0.4) is 0 Å². The summed E-state index contributed by atoms with van der Waals surface area (Å²) in [6.45, 7) is 1.83. The second-order valence-corrected chi connectivity index (χ2v) is 5.49. The fraction of sp³-hybridized carbons (Fsp3) is 0.100. The van der Waals surface area contributed by atoms with Crippen molar-refractivity contribution in [2.24, 2.45) is 0 Å². The highest BCUT2D eigenvalue weighted by atomic mass is 35.5. The molecule has 6 heteroatoms. The first-order valence-corrected chi connectivity index (χ1v) is 6.39. The van der Waals surface area contributed by atoms with Gasteiger partial charge in [-0.2, -0.15) is 4.37 Å². The molecule has 0 spiro atoms. The third-order valence-corrected chi connectivity index (χ3v) is 3.96.